The van der Waals surface area contributed by atoms with Crippen LogP contribution < -0.4 is 10.2 Å². The average Bonchev–Trinajstić information content (AvgIpc) is 3.14. The molecule has 2 aromatic heterocycles. The van der Waals surface area contributed by atoms with Gasteiger partial charge in [0.15, 0.2) is 6.29 Å². The van der Waals surface area contributed by atoms with E-state index in [1.165, 1.54) is 24.2 Å². The number of hydrogen-bond acceptors (Lipinski definition) is 5. The van der Waals surface area contributed by atoms with E-state index in [1.807, 2.05) is 25.1 Å². The molecule has 0 bridgehead atoms. The van der Waals surface area contributed by atoms with Crippen molar-refractivity contribution in [1.82, 2.24) is 4.98 Å². The zero-order chi connectivity index (χ0) is 15.5. The van der Waals surface area contributed by atoms with E-state index in [0.717, 1.165) is 40.7 Å². The highest BCUT2D eigenvalue weighted by Gasteiger charge is 2.17. The maximum Gasteiger partial charge on any atom is 0.162 e. The molecule has 116 valence electrons. The highest BCUT2D eigenvalue weighted by Crippen LogP contribution is 2.38. The molecule has 3 rings (SSSR count). The van der Waals surface area contributed by atoms with Crippen LogP contribution in [0, 0.1) is 0 Å². The summed E-state index contributed by atoms with van der Waals surface area (Å²) in [6, 6.07) is 2.38. The van der Waals surface area contributed by atoms with Gasteiger partial charge in [-0.2, -0.15) is 0 Å². The molecule has 22 heavy (non-hydrogen) atoms. The summed E-state index contributed by atoms with van der Waals surface area (Å²) in [5, 5.41) is 4.21. The van der Waals surface area contributed by atoms with Gasteiger partial charge in [-0.15, -0.1) is 11.3 Å². The molecule has 2 heterocycles. The van der Waals surface area contributed by atoms with Crippen molar-refractivity contribution in [3.8, 4) is 0 Å². The predicted octanol–water partition coefficient (Wildman–Crippen LogP) is 3.56. The van der Waals surface area contributed by atoms with Crippen LogP contribution in [-0.2, 0) is 0 Å². The molecular weight excluding hydrogens is 296 g/mol. The van der Waals surface area contributed by atoms with Crippen LogP contribution in [0.1, 0.15) is 35.4 Å². The monoisotopic (exact) mass is 316 g/mol. The molecule has 1 aliphatic rings. The number of pyridine rings is 1. The minimum atomic E-state index is 0.420. The fraction of sp³-hybridized carbons (Fsp3) is 0.438. The van der Waals surface area contributed by atoms with Crippen LogP contribution in [0.5, 0.6) is 0 Å². The Bertz CT molecular complexity index is 701. The number of hydrogen-bond donors (Lipinski definition) is 1. The number of thiophene rings is 1. The molecular formula is C16H20N4OS. The van der Waals surface area contributed by atoms with Crippen molar-refractivity contribution < 1.29 is 4.79 Å². The van der Waals surface area contributed by atoms with E-state index >= 15 is 0 Å². The van der Waals surface area contributed by atoms with Crippen LogP contribution in [0.2, 0.25) is 0 Å². The second-order valence-corrected chi connectivity index (χ2v) is 6.76. The number of aliphatic imine (C=N–C) groups is 1. The van der Waals surface area contributed by atoms with Crippen molar-refractivity contribution in [2.24, 2.45) is 4.99 Å². The maximum atomic E-state index is 11.4. The minimum Gasteiger partial charge on any atom is -0.377 e. The fourth-order valence-corrected chi connectivity index (χ4v) is 3.83. The predicted molar refractivity (Wildman–Crippen MR) is 93.7 cm³/mol. The quantitative estimate of drug-likeness (QED) is 0.520. The van der Waals surface area contributed by atoms with Gasteiger partial charge in [0.1, 0.15) is 4.83 Å². The van der Waals surface area contributed by atoms with Crippen molar-refractivity contribution in [2.75, 3.05) is 24.3 Å². The normalized spacial score (nSPS) is 15.7. The molecule has 5 nitrogen and oxygen atoms in total. The summed E-state index contributed by atoms with van der Waals surface area (Å²) in [6.45, 7) is 0. The van der Waals surface area contributed by atoms with E-state index in [2.05, 4.69) is 15.3 Å². The first-order valence-corrected chi connectivity index (χ1v) is 8.34. The summed E-state index contributed by atoms with van der Waals surface area (Å²) < 4.78 is 0. The molecule has 0 unspecified atom stereocenters. The molecule has 0 aromatic carbocycles. The first kappa shape index (κ1) is 15.0. The standard InChI is InChI=1S/C16H20N4OS/c1-20(2)12-7-8-17-16-14(12)15(13(9-21)22-16)19-10-18-11-5-3-4-6-11/h7-11H,3-6H2,1-2H3,(H,18,19). The summed E-state index contributed by atoms with van der Waals surface area (Å²) in [7, 11) is 3.98. The number of nitrogens with one attached hydrogen (secondary N) is 1. The maximum absolute atomic E-state index is 11.4. The Balaban J connectivity index is 1.97. The van der Waals surface area contributed by atoms with Crippen LogP contribution >= 0.6 is 11.3 Å². The highest BCUT2D eigenvalue weighted by molar-refractivity contribution is 7.21. The topological polar surface area (TPSA) is 57.6 Å². The molecule has 0 atom stereocenters. The number of carbonyl (C=O) groups excluding carboxylic acids is 1. The number of anilines is 2. The molecule has 6 heteroatoms. The number of aldehydes is 1. The van der Waals surface area contributed by atoms with Gasteiger partial charge in [-0.25, -0.2) is 4.98 Å². The van der Waals surface area contributed by atoms with Gasteiger partial charge >= 0.3 is 0 Å². The molecule has 1 aliphatic carbocycles. The third kappa shape index (κ3) is 2.83. The van der Waals surface area contributed by atoms with Gasteiger partial charge in [-0.3, -0.25) is 9.79 Å². The highest BCUT2D eigenvalue weighted by atomic mass is 32.1. The van der Waals surface area contributed by atoms with Crippen LogP contribution in [0.4, 0.5) is 11.4 Å². The SMILES string of the molecule is CN(C)c1ccnc2sc(C=O)c(NC=NC3CCCC3)c12. The van der Waals surface area contributed by atoms with E-state index in [-0.39, 0.29) is 0 Å². The Kier molecular flexibility index (Phi) is 4.38. The number of fused-ring (bicyclic) bond motifs is 1. The van der Waals surface area contributed by atoms with Crippen molar-refractivity contribution in [1.29, 1.82) is 0 Å². The zero-order valence-corrected chi connectivity index (χ0v) is 13.7. The van der Waals surface area contributed by atoms with E-state index in [9.17, 15) is 4.79 Å². The number of nitrogens with zero attached hydrogens (tertiary/aromatic N) is 3. The summed E-state index contributed by atoms with van der Waals surface area (Å²) in [5.41, 5.74) is 1.86. The Hall–Kier alpha value is -1.95. The first-order valence-electron chi connectivity index (χ1n) is 7.53. The Morgan fingerprint density at radius 2 is 2.18 bits per heavy atom. The molecule has 1 saturated carbocycles. The number of rotatable bonds is 5. The van der Waals surface area contributed by atoms with Gasteiger partial charge in [0.25, 0.3) is 0 Å². The zero-order valence-electron chi connectivity index (χ0n) is 12.9. The van der Waals surface area contributed by atoms with Crippen LogP contribution in [0.25, 0.3) is 10.2 Å². The third-order valence-electron chi connectivity index (χ3n) is 4.01. The van der Waals surface area contributed by atoms with Crippen molar-refractivity contribution in [2.45, 2.75) is 31.7 Å². The lowest BCUT2D eigenvalue weighted by atomic mass is 10.2. The summed E-state index contributed by atoms with van der Waals surface area (Å²) in [4.78, 5) is 23.9. The van der Waals surface area contributed by atoms with Crippen LogP contribution in [-0.4, -0.2) is 37.7 Å². The van der Waals surface area contributed by atoms with E-state index in [4.69, 9.17) is 0 Å². The lowest BCUT2D eigenvalue weighted by Gasteiger charge is -2.14. The molecule has 0 aliphatic heterocycles. The Morgan fingerprint density at radius 1 is 1.41 bits per heavy atom. The molecule has 2 aromatic rings. The summed E-state index contributed by atoms with van der Waals surface area (Å²) in [6.07, 6.45) is 9.25. The lowest BCUT2D eigenvalue weighted by molar-refractivity contribution is 0.112. The van der Waals surface area contributed by atoms with Crippen molar-refractivity contribution in [3.05, 3.63) is 17.1 Å². The number of carbonyl (C=O) groups is 1. The third-order valence-corrected chi connectivity index (χ3v) is 5.03. The van der Waals surface area contributed by atoms with Gasteiger partial charge in [0.2, 0.25) is 0 Å². The first-order chi connectivity index (χ1) is 10.7. The largest absolute Gasteiger partial charge is 0.377 e. The second kappa shape index (κ2) is 6.44. The average molecular weight is 316 g/mol. The molecule has 0 saturated heterocycles. The molecule has 0 amide bonds. The minimum absolute atomic E-state index is 0.420. The molecule has 0 radical (unpaired) electrons. The van der Waals surface area contributed by atoms with Crippen molar-refractivity contribution >= 4 is 45.6 Å². The Morgan fingerprint density at radius 3 is 2.86 bits per heavy atom. The van der Waals surface area contributed by atoms with Crippen LogP contribution in [0.15, 0.2) is 17.3 Å². The molecule has 1 fully saturated rings. The molecule has 0 spiro atoms. The van der Waals surface area contributed by atoms with Gasteiger partial charge in [0.05, 0.1) is 34.0 Å². The lowest BCUT2D eigenvalue weighted by Crippen LogP contribution is -2.10. The Labute approximate surface area is 134 Å². The fourth-order valence-electron chi connectivity index (χ4n) is 2.88. The number of aromatic nitrogens is 1. The summed E-state index contributed by atoms with van der Waals surface area (Å²) >= 11 is 1.41. The van der Waals surface area contributed by atoms with Gasteiger partial charge in [-0.1, -0.05) is 12.8 Å². The summed E-state index contributed by atoms with van der Waals surface area (Å²) in [5.74, 6) is 0. The van der Waals surface area contributed by atoms with Crippen LogP contribution in [0.3, 0.4) is 0 Å². The molecule has 1 N–H and O–H groups in total. The van der Waals surface area contributed by atoms with E-state index in [0.29, 0.717) is 10.9 Å². The second-order valence-electron chi connectivity index (χ2n) is 5.72. The smallest absolute Gasteiger partial charge is 0.162 e. The van der Waals surface area contributed by atoms with Gasteiger partial charge < -0.3 is 10.2 Å². The van der Waals surface area contributed by atoms with Crippen molar-refractivity contribution in [3.63, 3.8) is 0 Å². The van der Waals surface area contributed by atoms with Gasteiger partial charge in [0, 0.05) is 20.3 Å². The van der Waals surface area contributed by atoms with E-state index < -0.39 is 0 Å². The van der Waals surface area contributed by atoms with E-state index in [1.54, 1.807) is 12.5 Å². The van der Waals surface area contributed by atoms with Gasteiger partial charge in [-0.05, 0) is 18.9 Å².